The molecule has 0 bridgehead atoms. The first-order valence-electron chi connectivity index (χ1n) is 9.34. The topological polar surface area (TPSA) is 86.9 Å². The molecule has 2 amide bonds. The number of hydrogen-bond acceptors (Lipinski definition) is 3. The fraction of sp³-hybridized carbons (Fsp3) is 0.0870. The van der Waals surface area contributed by atoms with E-state index in [1.807, 2.05) is 60.7 Å². The maximum Gasteiger partial charge on any atom is 0.251 e. The summed E-state index contributed by atoms with van der Waals surface area (Å²) >= 11 is 0. The molecule has 3 N–H and O–H groups in total. The standard InChI is InChI=1S/C23H20N4O2/c28-21(27-23-25-18-13-7-8-14-19(18)26-23)15-20(16-9-3-1-4-10-16)24-22(29)17-11-5-2-6-12-17/h1-14,20H,15H2,(H,24,29)(H2,25,26,27,28). The number of para-hydroxylation sites is 2. The van der Waals surface area contributed by atoms with Crippen LogP contribution in [-0.4, -0.2) is 21.8 Å². The van der Waals surface area contributed by atoms with Crippen molar-refractivity contribution in [3.8, 4) is 0 Å². The van der Waals surface area contributed by atoms with Crippen molar-refractivity contribution in [3.63, 3.8) is 0 Å². The second-order valence-electron chi connectivity index (χ2n) is 6.66. The van der Waals surface area contributed by atoms with Crippen LogP contribution in [0.2, 0.25) is 0 Å². The highest BCUT2D eigenvalue weighted by atomic mass is 16.2. The summed E-state index contributed by atoms with van der Waals surface area (Å²) in [5.41, 5.74) is 3.03. The third kappa shape index (κ3) is 4.50. The van der Waals surface area contributed by atoms with Gasteiger partial charge in [0.2, 0.25) is 11.9 Å². The molecule has 6 heteroatoms. The Hall–Kier alpha value is -3.93. The lowest BCUT2D eigenvalue weighted by Crippen LogP contribution is -2.31. The number of imidazole rings is 1. The van der Waals surface area contributed by atoms with Crippen LogP contribution in [0.15, 0.2) is 84.9 Å². The predicted molar refractivity (Wildman–Crippen MR) is 112 cm³/mol. The van der Waals surface area contributed by atoms with Gasteiger partial charge in [-0.2, -0.15) is 0 Å². The molecule has 1 heterocycles. The molecule has 6 nitrogen and oxygen atoms in total. The van der Waals surface area contributed by atoms with Crippen molar-refractivity contribution in [2.75, 3.05) is 5.32 Å². The molecule has 0 radical (unpaired) electrons. The van der Waals surface area contributed by atoms with Crippen LogP contribution in [0.5, 0.6) is 0 Å². The monoisotopic (exact) mass is 384 g/mol. The van der Waals surface area contributed by atoms with Crippen LogP contribution >= 0.6 is 0 Å². The number of hydrogen-bond donors (Lipinski definition) is 3. The van der Waals surface area contributed by atoms with E-state index in [4.69, 9.17) is 0 Å². The van der Waals surface area contributed by atoms with E-state index in [-0.39, 0.29) is 18.2 Å². The van der Waals surface area contributed by atoms with Crippen molar-refractivity contribution < 1.29 is 9.59 Å². The van der Waals surface area contributed by atoms with Crippen molar-refractivity contribution in [1.82, 2.24) is 15.3 Å². The van der Waals surface area contributed by atoms with E-state index in [9.17, 15) is 9.59 Å². The van der Waals surface area contributed by atoms with E-state index in [1.165, 1.54) is 0 Å². The van der Waals surface area contributed by atoms with Crippen molar-refractivity contribution in [2.45, 2.75) is 12.5 Å². The number of carbonyl (C=O) groups is 2. The molecule has 0 saturated heterocycles. The van der Waals surface area contributed by atoms with Gasteiger partial charge in [-0.05, 0) is 29.8 Å². The second-order valence-corrected chi connectivity index (χ2v) is 6.66. The Morgan fingerprint density at radius 1 is 0.862 bits per heavy atom. The van der Waals surface area contributed by atoms with E-state index in [1.54, 1.807) is 24.3 Å². The average molecular weight is 384 g/mol. The normalized spacial score (nSPS) is 11.7. The number of nitrogens with one attached hydrogen (secondary N) is 3. The van der Waals surface area contributed by atoms with Gasteiger partial charge in [0.05, 0.1) is 23.5 Å². The minimum absolute atomic E-state index is 0.0830. The van der Waals surface area contributed by atoms with Gasteiger partial charge in [-0.1, -0.05) is 60.7 Å². The quantitative estimate of drug-likeness (QED) is 0.468. The van der Waals surface area contributed by atoms with Gasteiger partial charge in [0, 0.05) is 5.56 Å². The first-order chi connectivity index (χ1) is 14.2. The Morgan fingerprint density at radius 3 is 2.24 bits per heavy atom. The van der Waals surface area contributed by atoms with Crippen LogP contribution in [0.1, 0.15) is 28.4 Å². The minimum atomic E-state index is -0.465. The number of rotatable bonds is 6. The summed E-state index contributed by atoms with van der Waals surface area (Å²) in [6, 6.07) is 25.5. The first-order valence-corrected chi connectivity index (χ1v) is 9.34. The maximum absolute atomic E-state index is 12.7. The van der Waals surface area contributed by atoms with Crippen LogP contribution in [0.3, 0.4) is 0 Å². The zero-order valence-corrected chi connectivity index (χ0v) is 15.6. The van der Waals surface area contributed by atoms with Crippen molar-refractivity contribution in [1.29, 1.82) is 0 Å². The largest absolute Gasteiger partial charge is 0.345 e. The molecule has 1 unspecified atom stereocenters. The molecular weight excluding hydrogens is 364 g/mol. The van der Waals surface area contributed by atoms with Gasteiger partial charge in [-0.25, -0.2) is 4.98 Å². The lowest BCUT2D eigenvalue weighted by Gasteiger charge is -2.19. The summed E-state index contributed by atoms with van der Waals surface area (Å²) in [4.78, 5) is 32.7. The zero-order valence-electron chi connectivity index (χ0n) is 15.6. The Balaban J connectivity index is 1.50. The molecule has 4 rings (SSSR count). The maximum atomic E-state index is 12.7. The van der Waals surface area contributed by atoms with Crippen LogP contribution in [-0.2, 0) is 4.79 Å². The first kappa shape index (κ1) is 18.4. The summed E-state index contributed by atoms with van der Waals surface area (Å²) < 4.78 is 0. The predicted octanol–water partition coefficient (Wildman–Crippen LogP) is 4.06. The van der Waals surface area contributed by atoms with E-state index < -0.39 is 6.04 Å². The van der Waals surface area contributed by atoms with Crippen LogP contribution in [0.4, 0.5) is 5.95 Å². The number of fused-ring (bicyclic) bond motifs is 1. The number of anilines is 1. The summed E-state index contributed by atoms with van der Waals surface area (Å²) in [5, 5.41) is 5.75. The molecule has 0 aliphatic heterocycles. The van der Waals surface area contributed by atoms with E-state index in [0.29, 0.717) is 11.5 Å². The van der Waals surface area contributed by atoms with Gasteiger partial charge in [0.15, 0.2) is 0 Å². The van der Waals surface area contributed by atoms with Crippen LogP contribution in [0.25, 0.3) is 11.0 Å². The van der Waals surface area contributed by atoms with Gasteiger partial charge in [-0.3, -0.25) is 14.9 Å². The third-order valence-electron chi connectivity index (χ3n) is 4.58. The van der Waals surface area contributed by atoms with Crippen LogP contribution in [0, 0.1) is 0 Å². The molecule has 1 aromatic heterocycles. The van der Waals surface area contributed by atoms with Crippen molar-refractivity contribution in [2.24, 2.45) is 0 Å². The molecule has 144 valence electrons. The fourth-order valence-electron chi connectivity index (χ4n) is 3.15. The molecule has 0 spiro atoms. The number of amides is 2. The lowest BCUT2D eigenvalue weighted by molar-refractivity contribution is -0.116. The van der Waals surface area contributed by atoms with Crippen molar-refractivity contribution in [3.05, 3.63) is 96.1 Å². The fourth-order valence-corrected chi connectivity index (χ4v) is 3.15. The molecule has 0 aliphatic carbocycles. The summed E-state index contributed by atoms with van der Waals surface area (Å²) in [7, 11) is 0. The average Bonchev–Trinajstić information content (AvgIpc) is 3.16. The van der Waals surface area contributed by atoms with Crippen molar-refractivity contribution >= 4 is 28.8 Å². The smallest absolute Gasteiger partial charge is 0.251 e. The van der Waals surface area contributed by atoms with Gasteiger partial charge in [-0.15, -0.1) is 0 Å². The number of nitrogens with zero attached hydrogens (tertiary/aromatic N) is 1. The molecule has 29 heavy (non-hydrogen) atoms. The molecule has 1 atom stereocenters. The minimum Gasteiger partial charge on any atom is -0.345 e. The van der Waals surface area contributed by atoms with Gasteiger partial charge in [0.25, 0.3) is 5.91 Å². The van der Waals surface area contributed by atoms with E-state index in [0.717, 1.165) is 16.6 Å². The molecule has 4 aromatic rings. The van der Waals surface area contributed by atoms with Crippen LogP contribution < -0.4 is 10.6 Å². The highest BCUT2D eigenvalue weighted by molar-refractivity contribution is 5.95. The zero-order chi connectivity index (χ0) is 20.1. The van der Waals surface area contributed by atoms with Gasteiger partial charge < -0.3 is 10.3 Å². The molecule has 0 aliphatic rings. The SMILES string of the molecule is O=C(CC(NC(=O)c1ccccc1)c1ccccc1)Nc1nc2ccccc2[nH]1. The number of benzene rings is 3. The number of aromatic amines is 1. The molecular formula is C23H20N4O2. The second kappa shape index (κ2) is 8.39. The highest BCUT2D eigenvalue weighted by Crippen LogP contribution is 2.19. The molecule has 0 saturated carbocycles. The lowest BCUT2D eigenvalue weighted by atomic mass is 10.0. The summed E-state index contributed by atoms with van der Waals surface area (Å²) in [6.07, 6.45) is 0.0830. The number of aromatic nitrogens is 2. The summed E-state index contributed by atoms with van der Waals surface area (Å²) in [5.74, 6) is -0.0836. The Labute approximate surface area is 168 Å². The number of H-pyrrole nitrogens is 1. The Bertz CT molecular complexity index is 1090. The number of carbonyl (C=O) groups excluding carboxylic acids is 2. The van der Waals surface area contributed by atoms with E-state index in [2.05, 4.69) is 20.6 Å². The molecule has 0 fully saturated rings. The van der Waals surface area contributed by atoms with Gasteiger partial charge in [0.1, 0.15) is 0 Å². The highest BCUT2D eigenvalue weighted by Gasteiger charge is 2.20. The van der Waals surface area contributed by atoms with E-state index >= 15 is 0 Å². The Kier molecular flexibility index (Phi) is 5.33. The molecule has 3 aromatic carbocycles. The summed E-state index contributed by atoms with van der Waals surface area (Å²) in [6.45, 7) is 0. The Morgan fingerprint density at radius 2 is 1.52 bits per heavy atom. The van der Waals surface area contributed by atoms with Gasteiger partial charge >= 0.3 is 0 Å². The third-order valence-corrected chi connectivity index (χ3v) is 4.58.